The Morgan fingerprint density at radius 1 is 0.375 bits per heavy atom. The van der Waals surface area contributed by atoms with Crippen molar-refractivity contribution in [3.05, 3.63) is 93.7 Å². The zero-order valence-electron chi connectivity index (χ0n) is 13.2. The fourth-order valence-electron chi connectivity index (χ4n) is 3.63. The lowest BCUT2D eigenvalue weighted by Gasteiger charge is -2.03. The highest BCUT2D eigenvalue weighted by atomic mass is 14.0. The van der Waals surface area contributed by atoms with E-state index in [4.69, 9.17) is 0 Å². The van der Waals surface area contributed by atoms with Crippen LogP contribution in [0.3, 0.4) is 0 Å². The summed E-state index contributed by atoms with van der Waals surface area (Å²) in [6.45, 7) is 0. The van der Waals surface area contributed by atoms with Crippen molar-refractivity contribution in [3.63, 3.8) is 0 Å². The van der Waals surface area contributed by atoms with Crippen molar-refractivity contribution in [2.24, 2.45) is 0 Å². The third-order valence-electron chi connectivity index (χ3n) is 4.87. The van der Waals surface area contributed by atoms with E-state index in [1.165, 1.54) is 42.4 Å². The van der Waals surface area contributed by atoms with Gasteiger partial charge in [-0.3, -0.25) is 0 Å². The van der Waals surface area contributed by atoms with E-state index in [0.717, 1.165) is 0 Å². The quantitative estimate of drug-likeness (QED) is 0.469. The van der Waals surface area contributed by atoms with Crippen molar-refractivity contribution in [1.29, 1.82) is 0 Å². The maximum Gasteiger partial charge on any atom is -0.0105 e. The van der Waals surface area contributed by atoms with Crippen molar-refractivity contribution >= 4 is 45.8 Å². The van der Waals surface area contributed by atoms with E-state index in [1.807, 2.05) is 0 Å². The van der Waals surface area contributed by atoms with Crippen molar-refractivity contribution in [2.75, 3.05) is 0 Å². The average Bonchev–Trinajstić information content (AvgIpc) is 2.62. The summed E-state index contributed by atoms with van der Waals surface area (Å²) in [5.74, 6) is 0. The molecule has 0 nitrogen and oxygen atoms in total. The fraction of sp³-hybridized carbons (Fsp3) is 0. The lowest BCUT2D eigenvalue weighted by Crippen LogP contribution is -2.30. The molecule has 5 rings (SSSR count). The van der Waals surface area contributed by atoms with Gasteiger partial charge in [-0.2, -0.15) is 0 Å². The van der Waals surface area contributed by atoms with Crippen LogP contribution < -0.4 is 20.9 Å². The number of rotatable bonds is 0. The lowest BCUT2D eigenvalue weighted by molar-refractivity contribution is 1.55. The third-order valence-corrected chi connectivity index (χ3v) is 4.87. The lowest BCUT2D eigenvalue weighted by atomic mass is 10.0. The van der Waals surface area contributed by atoms with Crippen molar-refractivity contribution in [1.82, 2.24) is 0 Å². The van der Waals surface area contributed by atoms with Crippen LogP contribution in [0.1, 0.15) is 0 Å². The number of hydrogen-bond donors (Lipinski definition) is 0. The summed E-state index contributed by atoms with van der Waals surface area (Å²) in [7, 11) is 0. The van der Waals surface area contributed by atoms with Crippen LogP contribution >= 0.6 is 0 Å². The molecule has 0 radical (unpaired) electrons. The highest BCUT2D eigenvalue weighted by Crippen LogP contribution is 2.08. The summed E-state index contributed by atoms with van der Waals surface area (Å²) in [6, 6.07) is 26.0. The molecule has 0 saturated heterocycles. The van der Waals surface area contributed by atoms with E-state index in [0.29, 0.717) is 0 Å². The van der Waals surface area contributed by atoms with E-state index in [1.54, 1.807) is 0 Å². The summed E-state index contributed by atoms with van der Waals surface area (Å²) in [5, 5.41) is 10.3. The van der Waals surface area contributed by atoms with Gasteiger partial charge in [0.05, 0.1) is 0 Å². The van der Waals surface area contributed by atoms with Gasteiger partial charge in [-0.25, -0.2) is 0 Å². The Labute approximate surface area is 140 Å². The smallest absolute Gasteiger partial charge is 0.0105 e. The van der Waals surface area contributed by atoms with Gasteiger partial charge < -0.3 is 0 Å². The average molecular weight is 304 g/mol. The first-order valence-corrected chi connectivity index (χ1v) is 8.30. The standard InChI is InChI=1S/C24H16/c1-3-7-21-17(5-1)9-11-19-13-14-20-12-10-18-6-2-4-8-22(18)24(20)16-15-23(19)21/h1-16H/b14-13?,16-15?,19-13-,20-14-,23-15+,24-16+. The maximum absolute atomic E-state index is 2.27. The second kappa shape index (κ2) is 5.21. The zero-order valence-corrected chi connectivity index (χ0v) is 13.2. The molecule has 0 fully saturated rings. The molecule has 0 saturated carbocycles. The maximum atomic E-state index is 2.27. The Morgan fingerprint density at radius 2 is 0.833 bits per heavy atom. The van der Waals surface area contributed by atoms with E-state index in [2.05, 4.69) is 97.1 Å². The Bertz CT molecular complexity index is 1230. The topological polar surface area (TPSA) is 0 Å². The van der Waals surface area contributed by atoms with Gasteiger partial charge in [0, 0.05) is 0 Å². The molecule has 0 spiro atoms. The first kappa shape index (κ1) is 13.3. The Balaban J connectivity index is 1.99. The molecule has 0 unspecified atom stereocenters. The SMILES string of the molecule is C1=c2/ccc3ccccc3/c2=C/C=c2\c(ccc3ccccc23)=C/1. The Morgan fingerprint density at radius 3 is 1.33 bits per heavy atom. The molecule has 0 N–H and O–H groups in total. The molecule has 0 bridgehead atoms. The van der Waals surface area contributed by atoms with Crippen LogP contribution in [0.2, 0.25) is 0 Å². The predicted octanol–water partition coefficient (Wildman–Crippen LogP) is 2.83. The minimum atomic E-state index is 1.27. The van der Waals surface area contributed by atoms with Gasteiger partial charge in [0.1, 0.15) is 0 Å². The molecule has 0 aliphatic heterocycles. The molecule has 4 aromatic rings. The van der Waals surface area contributed by atoms with E-state index < -0.39 is 0 Å². The van der Waals surface area contributed by atoms with Crippen LogP contribution in [-0.4, -0.2) is 0 Å². The van der Waals surface area contributed by atoms with Crippen LogP contribution in [0.5, 0.6) is 0 Å². The van der Waals surface area contributed by atoms with Gasteiger partial charge in [0.15, 0.2) is 0 Å². The summed E-state index contributed by atoms with van der Waals surface area (Å²) in [6.07, 6.45) is 9.01. The second-order valence-corrected chi connectivity index (χ2v) is 6.25. The fourth-order valence-corrected chi connectivity index (χ4v) is 3.63. The Hall–Kier alpha value is -3.12. The van der Waals surface area contributed by atoms with Crippen LogP contribution in [-0.2, 0) is 0 Å². The largest absolute Gasteiger partial charge is 0.0616 e. The highest BCUT2D eigenvalue weighted by Gasteiger charge is 1.99. The summed E-state index contributed by atoms with van der Waals surface area (Å²) < 4.78 is 0. The van der Waals surface area contributed by atoms with Crippen LogP contribution in [0, 0.1) is 0 Å². The molecule has 0 heterocycles. The van der Waals surface area contributed by atoms with Crippen LogP contribution in [0.25, 0.3) is 45.8 Å². The summed E-state index contributed by atoms with van der Waals surface area (Å²) in [5.41, 5.74) is 0. The van der Waals surface area contributed by atoms with Gasteiger partial charge in [-0.1, -0.05) is 97.1 Å². The Kier molecular flexibility index (Phi) is 2.89. The molecule has 0 aromatic heterocycles. The van der Waals surface area contributed by atoms with Crippen LogP contribution in [0.15, 0.2) is 72.8 Å². The number of benzene rings is 4. The van der Waals surface area contributed by atoms with E-state index in [9.17, 15) is 0 Å². The molecule has 1 aliphatic rings. The van der Waals surface area contributed by atoms with Crippen molar-refractivity contribution in [3.8, 4) is 0 Å². The van der Waals surface area contributed by atoms with Gasteiger partial charge in [-0.15, -0.1) is 0 Å². The molecule has 4 aromatic carbocycles. The summed E-state index contributed by atoms with van der Waals surface area (Å²) >= 11 is 0. The van der Waals surface area contributed by atoms with Crippen molar-refractivity contribution in [2.45, 2.75) is 0 Å². The minimum absolute atomic E-state index is 1.27. The zero-order chi connectivity index (χ0) is 15.9. The van der Waals surface area contributed by atoms with Gasteiger partial charge in [-0.05, 0) is 42.4 Å². The monoisotopic (exact) mass is 304 g/mol. The summed E-state index contributed by atoms with van der Waals surface area (Å²) in [4.78, 5) is 0. The first-order chi connectivity index (χ1) is 11.9. The molecule has 24 heavy (non-hydrogen) atoms. The molecule has 0 amide bonds. The predicted molar refractivity (Wildman–Crippen MR) is 104 cm³/mol. The van der Waals surface area contributed by atoms with Crippen LogP contribution in [0.4, 0.5) is 0 Å². The molecule has 0 atom stereocenters. The van der Waals surface area contributed by atoms with Gasteiger partial charge in [0.25, 0.3) is 0 Å². The second-order valence-electron chi connectivity index (χ2n) is 6.25. The normalized spacial score (nSPS) is 18.3. The van der Waals surface area contributed by atoms with Gasteiger partial charge in [0.2, 0.25) is 0 Å². The number of fused-ring (bicyclic) bond motifs is 6. The molecule has 112 valence electrons. The third kappa shape index (κ3) is 2.00. The van der Waals surface area contributed by atoms with Crippen molar-refractivity contribution < 1.29 is 0 Å². The highest BCUT2D eigenvalue weighted by molar-refractivity contribution is 5.90. The molecule has 1 aliphatic carbocycles. The molecule has 0 heteroatoms. The van der Waals surface area contributed by atoms with E-state index in [-0.39, 0.29) is 0 Å². The van der Waals surface area contributed by atoms with E-state index >= 15 is 0 Å². The molecular weight excluding hydrogens is 288 g/mol. The minimum Gasteiger partial charge on any atom is -0.0616 e. The number of hydrogen-bond acceptors (Lipinski definition) is 0. The molecular formula is C24H16. The van der Waals surface area contributed by atoms with Gasteiger partial charge >= 0.3 is 0 Å². The first-order valence-electron chi connectivity index (χ1n) is 8.30.